The van der Waals surface area contributed by atoms with Crippen LogP contribution in [0.15, 0.2) is 34.5 Å². The van der Waals surface area contributed by atoms with Crippen LogP contribution in [0.25, 0.3) is 4.85 Å². The average Bonchev–Trinajstić information content (AvgIpc) is 2.47. The molecule has 0 saturated heterocycles. The number of carbonyl (C=O) groups is 1. The van der Waals surface area contributed by atoms with Crippen molar-refractivity contribution >= 4 is 17.3 Å². The maximum absolute atomic E-state index is 11.6. The third-order valence-corrected chi connectivity index (χ3v) is 2.33. The fraction of sp³-hybridized carbons (Fsp3) is 0.429. The molecule has 0 N–H and O–H groups in total. The monoisotopic (exact) mass is 275 g/mol. The summed E-state index contributed by atoms with van der Waals surface area (Å²) in [6.07, 6.45) is -0.730. The third-order valence-electron chi connectivity index (χ3n) is 2.33. The van der Waals surface area contributed by atoms with E-state index in [1.807, 2.05) is 0 Å². The molecular formula is C14H17N3O3. The fourth-order valence-corrected chi connectivity index (χ4v) is 1.42. The Hall–Kier alpha value is -2.26. The summed E-state index contributed by atoms with van der Waals surface area (Å²) in [6, 6.07) is 6.70. The van der Waals surface area contributed by atoms with E-state index in [-0.39, 0.29) is 6.54 Å². The number of hydrogen-bond donors (Lipinski definition) is 0. The second-order valence-corrected chi connectivity index (χ2v) is 3.75. The lowest BCUT2D eigenvalue weighted by atomic mass is 10.3. The van der Waals surface area contributed by atoms with Gasteiger partial charge in [0.05, 0.1) is 25.4 Å². The average molecular weight is 275 g/mol. The molecule has 0 aliphatic heterocycles. The highest BCUT2D eigenvalue weighted by Gasteiger charge is 2.19. The summed E-state index contributed by atoms with van der Waals surface area (Å²) in [6.45, 7) is 11.2. The normalized spacial score (nSPS) is 12.1. The first-order valence-electron chi connectivity index (χ1n) is 6.34. The number of hydrogen-bond acceptors (Lipinski definition) is 5. The Morgan fingerprint density at radius 1 is 1.30 bits per heavy atom. The quantitative estimate of drug-likeness (QED) is 0.435. The molecule has 0 amide bonds. The predicted molar refractivity (Wildman–Crippen MR) is 74.1 cm³/mol. The van der Waals surface area contributed by atoms with Gasteiger partial charge in [-0.3, -0.25) is 0 Å². The van der Waals surface area contributed by atoms with Crippen molar-refractivity contribution in [3.8, 4) is 0 Å². The molecule has 0 heterocycles. The zero-order valence-electron chi connectivity index (χ0n) is 11.6. The van der Waals surface area contributed by atoms with E-state index in [1.54, 1.807) is 38.1 Å². The van der Waals surface area contributed by atoms with Crippen molar-refractivity contribution in [3.63, 3.8) is 0 Å². The van der Waals surface area contributed by atoms with Crippen LogP contribution in [-0.4, -0.2) is 31.8 Å². The standard InChI is InChI=1S/C14H17N3O3/c1-4-19-13(14(18)20-5-2)10-16-17-12-8-6-11(15-3)7-9-12/h6-9,13H,4-5,10H2,1-2H3. The van der Waals surface area contributed by atoms with Gasteiger partial charge in [-0.2, -0.15) is 10.2 Å². The Morgan fingerprint density at radius 2 is 2.00 bits per heavy atom. The summed E-state index contributed by atoms with van der Waals surface area (Å²) in [5, 5.41) is 7.92. The van der Waals surface area contributed by atoms with Crippen molar-refractivity contribution in [2.24, 2.45) is 10.2 Å². The van der Waals surface area contributed by atoms with Gasteiger partial charge in [-0.15, -0.1) is 0 Å². The Kier molecular flexibility index (Phi) is 6.93. The SMILES string of the molecule is [C-]#[N+]c1ccc(N=NCC(OCC)C(=O)OCC)cc1. The van der Waals surface area contributed by atoms with Gasteiger partial charge >= 0.3 is 5.97 Å². The van der Waals surface area contributed by atoms with E-state index in [2.05, 4.69) is 15.1 Å². The van der Waals surface area contributed by atoms with E-state index in [4.69, 9.17) is 16.0 Å². The molecular weight excluding hydrogens is 258 g/mol. The molecule has 0 spiro atoms. The minimum Gasteiger partial charge on any atom is -0.464 e. The predicted octanol–water partition coefficient (Wildman–Crippen LogP) is 3.29. The number of azo groups is 1. The molecule has 0 aliphatic rings. The van der Waals surface area contributed by atoms with Crippen LogP contribution in [0.2, 0.25) is 0 Å². The van der Waals surface area contributed by atoms with Crippen molar-refractivity contribution in [1.82, 2.24) is 0 Å². The van der Waals surface area contributed by atoms with E-state index in [1.165, 1.54) is 0 Å². The molecule has 0 fully saturated rings. The fourth-order valence-electron chi connectivity index (χ4n) is 1.42. The summed E-state index contributed by atoms with van der Waals surface area (Å²) in [4.78, 5) is 14.9. The molecule has 1 unspecified atom stereocenters. The number of ether oxygens (including phenoxy) is 2. The minimum absolute atomic E-state index is 0.108. The zero-order chi connectivity index (χ0) is 14.8. The van der Waals surface area contributed by atoms with Gasteiger partial charge in [0, 0.05) is 6.61 Å². The second kappa shape index (κ2) is 8.77. The Balaban J connectivity index is 2.59. The van der Waals surface area contributed by atoms with Crippen LogP contribution in [0.1, 0.15) is 13.8 Å². The van der Waals surface area contributed by atoms with E-state index in [0.717, 1.165) is 0 Å². The van der Waals surface area contributed by atoms with Crippen molar-refractivity contribution in [2.45, 2.75) is 20.0 Å². The van der Waals surface area contributed by atoms with Crippen LogP contribution >= 0.6 is 0 Å². The number of carbonyl (C=O) groups excluding carboxylic acids is 1. The minimum atomic E-state index is -0.730. The molecule has 0 radical (unpaired) electrons. The third kappa shape index (κ3) is 5.16. The highest BCUT2D eigenvalue weighted by molar-refractivity contribution is 5.75. The van der Waals surface area contributed by atoms with Gasteiger partial charge in [0.2, 0.25) is 0 Å². The lowest BCUT2D eigenvalue weighted by Crippen LogP contribution is -2.29. The van der Waals surface area contributed by atoms with Crippen LogP contribution < -0.4 is 0 Å². The molecule has 0 bridgehead atoms. The molecule has 6 heteroatoms. The Bertz CT molecular complexity index is 491. The van der Waals surface area contributed by atoms with Gasteiger partial charge in [-0.25, -0.2) is 9.64 Å². The van der Waals surface area contributed by atoms with Gasteiger partial charge in [0.1, 0.15) is 0 Å². The molecule has 0 aliphatic carbocycles. The maximum atomic E-state index is 11.6. The number of benzene rings is 1. The molecule has 1 rings (SSSR count). The smallest absolute Gasteiger partial charge is 0.337 e. The summed E-state index contributed by atoms with van der Waals surface area (Å²) in [5.74, 6) is -0.434. The van der Waals surface area contributed by atoms with E-state index < -0.39 is 12.1 Å². The van der Waals surface area contributed by atoms with E-state index >= 15 is 0 Å². The van der Waals surface area contributed by atoms with Crippen LogP contribution in [0.5, 0.6) is 0 Å². The number of esters is 1. The van der Waals surface area contributed by atoms with Crippen LogP contribution in [-0.2, 0) is 14.3 Å². The van der Waals surface area contributed by atoms with Crippen molar-refractivity contribution in [1.29, 1.82) is 0 Å². The van der Waals surface area contributed by atoms with Gasteiger partial charge in [0.15, 0.2) is 11.8 Å². The van der Waals surface area contributed by atoms with E-state index in [9.17, 15) is 4.79 Å². The first kappa shape index (κ1) is 15.8. The topological polar surface area (TPSA) is 64.6 Å². The van der Waals surface area contributed by atoms with Gasteiger partial charge in [-0.1, -0.05) is 12.1 Å². The molecule has 1 atom stereocenters. The molecule has 20 heavy (non-hydrogen) atoms. The highest BCUT2D eigenvalue weighted by Crippen LogP contribution is 2.18. The largest absolute Gasteiger partial charge is 0.464 e. The lowest BCUT2D eigenvalue weighted by Gasteiger charge is -2.12. The van der Waals surface area contributed by atoms with Crippen LogP contribution in [0.4, 0.5) is 11.4 Å². The first-order chi connectivity index (χ1) is 9.71. The maximum Gasteiger partial charge on any atom is 0.337 e. The van der Waals surface area contributed by atoms with Gasteiger partial charge in [-0.05, 0) is 26.0 Å². The molecule has 0 saturated carbocycles. The Morgan fingerprint density at radius 3 is 2.55 bits per heavy atom. The Labute approximate surface area is 118 Å². The summed E-state index contributed by atoms with van der Waals surface area (Å²) >= 11 is 0. The molecule has 1 aromatic carbocycles. The van der Waals surface area contributed by atoms with Crippen molar-refractivity contribution in [3.05, 3.63) is 35.7 Å². The van der Waals surface area contributed by atoms with Crippen LogP contribution in [0, 0.1) is 6.57 Å². The number of rotatable bonds is 7. The molecule has 6 nitrogen and oxygen atoms in total. The first-order valence-corrected chi connectivity index (χ1v) is 6.34. The summed E-state index contributed by atoms with van der Waals surface area (Å²) in [7, 11) is 0. The van der Waals surface area contributed by atoms with Crippen LogP contribution in [0.3, 0.4) is 0 Å². The molecule has 106 valence electrons. The molecule has 0 aromatic heterocycles. The van der Waals surface area contributed by atoms with Gasteiger partial charge < -0.3 is 9.47 Å². The number of nitrogens with zero attached hydrogens (tertiary/aromatic N) is 3. The molecule has 1 aromatic rings. The van der Waals surface area contributed by atoms with Crippen molar-refractivity contribution in [2.75, 3.05) is 19.8 Å². The summed E-state index contributed by atoms with van der Waals surface area (Å²) < 4.78 is 10.2. The van der Waals surface area contributed by atoms with E-state index in [0.29, 0.717) is 24.6 Å². The zero-order valence-corrected chi connectivity index (χ0v) is 11.6. The second-order valence-electron chi connectivity index (χ2n) is 3.75. The highest BCUT2D eigenvalue weighted by atomic mass is 16.6. The lowest BCUT2D eigenvalue weighted by molar-refractivity contribution is -0.155. The van der Waals surface area contributed by atoms with Crippen molar-refractivity contribution < 1.29 is 14.3 Å². The van der Waals surface area contributed by atoms with Gasteiger partial charge in [0.25, 0.3) is 0 Å². The summed E-state index contributed by atoms with van der Waals surface area (Å²) in [5.41, 5.74) is 1.17.